The van der Waals surface area contributed by atoms with Crippen LogP contribution < -0.4 is 10.5 Å². The van der Waals surface area contributed by atoms with Crippen LogP contribution in [0, 0.1) is 11.6 Å². The van der Waals surface area contributed by atoms with E-state index in [1.54, 1.807) is 0 Å². The summed E-state index contributed by atoms with van der Waals surface area (Å²) in [5.74, 6) is -3.03. The molecule has 0 aliphatic carbocycles. The van der Waals surface area contributed by atoms with Crippen LogP contribution in [0.25, 0.3) is 0 Å². The van der Waals surface area contributed by atoms with Crippen LogP contribution in [0.3, 0.4) is 0 Å². The maximum absolute atomic E-state index is 13.4. The molecule has 0 spiro atoms. The van der Waals surface area contributed by atoms with Crippen molar-refractivity contribution in [3.8, 4) is 11.5 Å². The average molecular weight is 289 g/mol. The first-order valence-corrected chi connectivity index (χ1v) is 5.37. The lowest BCUT2D eigenvalue weighted by Gasteiger charge is -2.12. The van der Waals surface area contributed by atoms with Crippen molar-refractivity contribution in [1.82, 2.24) is 0 Å². The van der Waals surface area contributed by atoms with Crippen molar-refractivity contribution >= 4 is 5.69 Å². The molecule has 0 heterocycles. The van der Waals surface area contributed by atoms with Crippen LogP contribution in [0.4, 0.5) is 27.6 Å². The summed E-state index contributed by atoms with van der Waals surface area (Å²) >= 11 is 0. The van der Waals surface area contributed by atoms with E-state index < -0.39 is 29.1 Å². The Bertz CT molecular complexity index is 639. The van der Waals surface area contributed by atoms with Crippen molar-refractivity contribution in [3.05, 3.63) is 53.6 Å². The lowest BCUT2D eigenvalue weighted by molar-refractivity contribution is -0.137. The molecule has 0 unspecified atom stereocenters. The number of anilines is 1. The van der Waals surface area contributed by atoms with Gasteiger partial charge in [0.1, 0.15) is 5.75 Å². The van der Waals surface area contributed by atoms with Gasteiger partial charge in [-0.25, -0.2) is 4.39 Å². The molecule has 0 amide bonds. The molecule has 0 radical (unpaired) electrons. The second kappa shape index (κ2) is 4.99. The number of nitrogens with two attached hydrogens (primary N) is 1. The Hall–Kier alpha value is -2.31. The molecular weight excluding hydrogens is 281 g/mol. The van der Waals surface area contributed by atoms with Crippen LogP contribution in [0.1, 0.15) is 5.56 Å². The van der Waals surface area contributed by atoms with E-state index in [-0.39, 0.29) is 11.4 Å². The largest absolute Gasteiger partial charge is 0.452 e. The third-order valence-electron chi connectivity index (χ3n) is 2.47. The molecule has 2 rings (SSSR count). The molecule has 2 N–H and O–H groups in total. The number of hydrogen-bond donors (Lipinski definition) is 1. The van der Waals surface area contributed by atoms with Crippen LogP contribution in [-0.4, -0.2) is 0 Å². The number of rotatable bonds is 2. The third-order valence-corrected chi connectivity index (χ3v) is 2.47. The van der Waals surface area contributed by atoms with Gasteiger partial charge in [0.25, 0.3) is 0 Å². The van der Waals surface area contributed by atoms with Crippen LogP contribution in [-0.2, 0) is 6.18 Å². The van der Waals surface area contributed by atoms with Crippen molar-refractivity contribution in [1.29, 1.82) is 0 Å². The fraction of sp³-hybridized carbons (Fsp3) is 0.0769. The number of ether oxygens (including phenoxy) is 1. The summed E-state index contributed by atoms with van der Waals surface area (Å²) in [4.78, 5) is 0. The predicted octanol–water partition coefficient (Wildman–Crippen LogP) is 4.36. The Labute approximate surface area is 110 Å². The number of benzene rings is 2. The Balaban J connectivity index is 2.33. The summed E-state index contributed by atoms with van der Waals surface area (Å²) in [7, 11) is 0. The van der Waals surface area contributed by atoms with Crippen LogP contribution >= 0.6 is 0 Å². The average Bonchev–Trinajstić information content (AvgIpc) is 2.36. The lowest BCUT2D eigenvalue weighted by atomic mass is 10.2. The fourth-order valence-corrected chi connectivity index (χ4v) is 1.50. The fourth-order valence-electron chi connectivity index (χ4n) is 1.50. The molecule has 0 atom stereocenters. The standard InChI is InChI=1S/C13H8F5NO/c14-8-2-1-3-11(12(8)15)20-10-5-4-7(6-9(10)19)13(16,17)18/h1-6H,19H2. The first kappa shape index (κ1) is 14.1. The molecule has 0 aromatic heterocycles. The molecule has 0 bridgehead atoms. The Morgan fingerprint density at radius 1 is 0.950 bits per heavy atom. The highest BCUT2D eigenvalue weighted by molar-refractivity contribution is 5.56. The van der Waals surface area contributed by atoms with E-state index >= 15 is 0 Å². The lowest BCUT2D eigenvalue weighted by Crippen LogP contribution is -2.06. The molecule has 20 heavy (non-hydrogen) atoms. The van der Waals surface area contributed by atoms with Gasteiger partial charge in [0.15, 0.2) is 11.6 Å². The van der Waals surface area contributed by atoms with Crippen LogP contribution in [0.5, 0.6) is 11.5 Å². The van der Waals surface area contributed by atoms with E-state index in [1.807, 2.05) is 0 Å². The van der Waals surface area contributed by atoms with E-state index in [2.05, 4.69) is 0 Å². The quantitative estimate of drug-likeness (QED) is 0.658. The molecule has 106 valence electrons. The van der Waals surface area contributed by atoms with Gasteiger partial charge >= 0.3 is 6.18 Å². The number of hydrogen-bond acceptors (Lipinski definition) is 2. The molecule has 0 fully saturated rings. The van der Waals surface area contributed by atoms with Gasteiger partial charge in [0.05, 0.1) is 11.3 Å². The summed E-state index contributed by atoms with van der Waals surface area (Å²) in [6.45, 7) is 0. The van der Waals surface area contributed by atoms with E-state index in [4.69, 9.17) is 10.5 Å². The minimum atomic E-state index is -4.54. The second-order valence-electron chi connectivity index (χ2n) is 3.90. The van der Waals surface area contributed by atoms with Crippen LogP contribution in [0.2, 0.25) is 0 Å². The van der Waals surface area contributed by atoms with Gasteiger partial charge < -0.3 is 10.5 Å². The summed E-state index contributed by atoms with van der Waals surface area (Å²) in [5.41, 5.74) is 4.13. The summed E-state index contributed by atoms with van der Waals surface area (Å²) in [6.07, 6.45) is -4.54. The molecular formula is C13H8F5NO. The Morgan fingerprint density at radius 2 is 1.65 bits per heavy atom. The molecule has 0 saturated heterocycles. The zero-order valence-corrected chi connectivity index (χ0v) is 9.84. The van der Waals surface area contributed by atoms with E-state index in [9.17, 15) is 22.0 Å². The molecule has 2 nitrogen and oxygen atoms in total. The summed E-state index contributed by atoms with van der Waals surface area (Å²) < 4.78 is 68.6. The first-order chi connectivity index (χ1) is 9.29. The highest BCUT2D eigenvalue weighted by atomic mass is 19.4. The Kier molecular flexibility index (Phi) is 3.52. The number of nitrogen functional groups attached to an aromatic ring is 1. The van der Waals surface area contributed by atoms with Gasteiger partial charge in [-0.15, -0.1) is 0 Å². The first-order valence-electron chi connectivity index (χ1n) is 5.37. The van der Waals surface area contributed by atoms with Crippen molar-refractivity contribution in [2.45, 2.75) is 6.18 Å². The zero-order valence-electron chi connectivity index (χ0n) is 9.84. The van der Waals surface area contributed by atoms with Gasteiger partial charge in [-0.1, -0.05) is 6.07 Å². The zero-order chi connectivity index (χ0) is 14.9. The monoisotopic (exact) mass is 289 g/mol. The van der Waals surface area contributed by atoms with Gasteiger partial charge in [0, 0.05) is 0 Å². The van der Waals surface area contributed by atoms with Gasteiger partial charge in [0.2, 0.25) is 5.82 Å². The third kappa shape index (κ3) is 2.81. The van der Waals surface area contributed by atoms with E-state index in [0.717, 1.165) is 24.3 Å². The maximum atomic E-state index is 13.4. The Morgan fingerprint density at radius 3 is 2.25 bits per heavy atom. The molecule has 0 aliphatic heterocycles. The number of alkyl halides is 3. The number of halogens is 5. The van der Waals surface area contributed by atoms with Crippen molar-refractivity contribution < 1.29 is 26.7 Å². The topological polar surface area (TPSA) is 35.2 Å². The van der Waals surface area contributed by atoms with E-state index in [1.165, 1.54) is 6.07 Å². The molecule has 7 heteroatoms. The highest BCUT2D eigenvalue weighted by Gasteiger charge is 2.31. The van der Waals surface area contributed by atoms with Gasteiger partial charge in [-0.3, -0.25) is 0 Å². The highest BCUT2D eigenvalue weighted by Crippen LogP contribution is 2.36. The van der Waals surface area contributed by atoms with Crippen molar-refractivity contribution in [2.24, 2.45) is 0 Å². The smallest absolute Gasteiger partial charge is 0.416 e. The van der Waals surface area contributed by atoms with E-state index in [0.29, 0.717) is 6.07 Å². The summed E-state index contributed by atoms with van der Waals surface area (Å²) in [5, 5.41) is 0. The molecule has 2 aromatic rings. The molecule has 0 saturated carbocycles. The summed E-state index contributed by atoms with van der Waals surface area (Å²) in [6, 6.07) is 5.57. The van der Waals surface area contributed by atoms with Crippen molar-refractivity contribution in [2.75, 3.05) is 5.73 Å². The molecule has 0 aliphatic rings. The van der Waals surface area contributed by atoms with Crippen LogP contribution in [0.15, 0.2) is 36.4 Å². The normalized spacial score (nSPS) is 11.4. The van der Waals surface area contributed by atoms with Crippen molar-refractivity contribution in [3.63, 3.8) is 0 Å². The maximum Gasteiger partial charge on any atom is 0.416 e. The minimum Gasteiger partial charge on any atom is -0.452 e. The predicted molar refractivity (Wildman–Crippen MR) is 62.3 cm³/mol. The second-order valence-corrected chi connectivity index (χ2v) is 3.90. The minimum absolute atomic E-state index is 0.192. The molecule has 2 aromatic carbocycles. The SMILES string of the molecule is Nc1cc(C(F)(F)F)ccc1Oc1cccc(F)c1F. The van der Waals surface area contributed by atoms with Gasteiger partial charge in [-0.05, 0) is 30.3 Å². The van der Waals surface area contributed by atoms with Gasteiger partial charge in [-0.2, -0.15) is 17.6 Å².